The Morgan fingerprint density at radius 1 is 1.21 bits per heavy atom. The Morgan fingerprint density at radius 3 is 2.86 bits per heavy atom. The first-order chi connectivity index (χ1) is 14.1. The van der Waals surface area contributed by atoms with Crippen LogP contribution >= 0.6 is 0 Å². The van der Waals surface area contributed by atoms with Crippen LogP contribution < -0.4 is 15.0 Å². The molecular weight excluding hydrogens is 380 g/mol. The summed E-state index contributed by atoms with van der Waals surface area (Å²) in [5.74, 6) is -0.0639. The van der Waals surface area contributed by atoms with E-state index in [1.165, 1.54) is 6.07 Å². The van der Waals surface area contributed by atoms with Crippen LogP contribution in [0.3, 0.4) is 0 Å². The molecule has 2 heterocycles. The third kappa shape index (κ3) is 4.34. The minimum atomic E-state index is -2.88. The molecule has 1 N–H and O–H groups in total. The highest BCUT2D eigenvalue weighted by Crippen LogP contribution is 2.31. The number of aromatic nitrogens is 3. The fourth-order valence-corrected chi connectivity index (χ4v) is 3.42. The van der Waals surface area contributed by atoms with E-state index in [0.29, 0.717) is 30.8 Å². The van der Waals surface area contributed by atoms with E-state index in [4.69, 9.17) is 0 Å². The molecule has 0 aliphatic carbocycles. The molecule has 4 rings (SSSR count). The van der Waals surface area contributed by atoms with Crippen LogP contribution in [0.15, 0.2) is 60.9 Å². The molecule has 0 bridgehead atoms. The zero-order chi connectivity index (χ0) is 20.2. The van der Waals surface area contributed by atoms with E-state index in [0.717, 1.165) is 5.69 Å². The van der Waals surface area contributed by atoms with Crippen LogP contribution in [0, 0.1) is 0 Å². The number of rotatable bonds is 6. The zero-order valence-corrected chi connectivity index (χ0v) is 15.4. The van der Waals surface area contributed by atoms with Gasteiger partial charge in [0.05, 0.1) is 23.8 Å². The van der Waals surface area contributed by atoms with Gasteiger partial charge in [-0.15, -0.1) is 5.10 Å². The van der Waals surface area contributed by atoms with Crippen molar-refractivity contribution in [2.45, 2.75) is 19.1 Å². The lowest BCUT2D eigenvalue weighted by atomic mass is 10.1. The van der Waals surface area contributed by atoms with E-state index >= 15 is 0 Å². The van der Waals surface area contributed by atoms with Crippen LogP contribution in [0.2, 0.25) is 0 Å². The van der Waals surface area contributed by atoms with E-state index in [9.17, 15) is 13.6 Å². The van der Waals surface area contributed by atoms with Crippen molar-refractivity contribution in [3.63, 3.8) is 0 Å². The number of halogens is 2. The average Bonchev–Trinajstić information content (AvgIpc) is 3.40. The highest BCUT2D eigenvalue weighted by atomic mass is 19.3. The lowest BCUT2D eigenvalue weighted by molar-refractivity contribution is -0.0495. The highest BCUT2D eigenvalue weighted by molar-refractivity contribution is 5.95. The predicted octanol–water partition coefficient (Wildman–Crippen LogP) is 2.88. The van der Waals surface area contributed by atoms with Crippen LogP contribution in [-0.4, -0.2) is 46.6 Å². The number of nitrogens with one attached hydrogen (secondary N) is 1. The maximum Gasteiger partial charge on any atom is 0.387 e. The van der Waals surface area contributed by atoms with Crippen LogP contribution in [0.4, 0.5) is 14.5 Å². The fourth-order valence-electron chi connectivity index (χ4n) is 3.42. The van der Waals surface area contributed by atoms with Gasteiger partial charge in [-0.3, -0.25) is 4.79 Å². The van der Waals surface area contributed by atoms with Gasteiger partial charge in [0.2, 0.25) is 0 Å². The summed E-state index contributed by atoms with van der Waals surface area (Å²) in [6, 6.07) is 13.7. The molecule has 1 fully saturated rings. The first kappa shape index (κ1) is 18.9. The van der Waals surface area contributed by atoms with E-state index in [-0.39, 0.29) is 17.7 Å². The molecule has 1 aliphatic rings. The van der Waals surface area contributed by atoms with Crippen LogP contribution in [0.5, 0.6) is 5.75 Å². The van der Waals surface area contributed by atoms with Crippen molar-refractivity contribution in [3.8, 4) is 11.4 Å². The summed E-state index contributed by atoms with van der Waals surface area (Å²) in [6.45, 7) is -1.74. The molecule has 0 spiro atoms. The number of hydrogen-bond acceptors (Lipinski definition) is 5. The molecule has 1 amide bonds. The third-order valence-electron chi connectivity index (χ3n) is 4.74. The Morgan fingerprint density at radius 2 is 2.07 bits per heavy atom. The average molecular weight is 399 g/mol. The second-order valence-corrected chi connectivity index (χ2v) is 6.65. The van der Waals surface area contributed by atoms with E-state index < -0.39 is 6.61 Å². The van der Waals surface area contributed by atoms with Crippen molar-refractivity contribution in [1.29, 1.82) is 0 Å². The number of hydrogen-bond donors (Lipinski definition) is 1. The predicted molar refractivity (Wildman–Crippen MR) is 103 cm³/mol. The molecular formula is C20H19F2N5O2. The summed E-state index contributed by atoms with van der Waals surface area (Å²) in [7, 11) is 0. The molecule has 0 radical (unpaired) electrons. The van der Waals surface area contributed by atoms with Crippen molar-refractivity contribution in [3.05, 3.63) is 66.5 Å². The van der Waals surface area contributed by atoms with Gasteiger partial charge in [0, 0.05) is 24.7 Å². The quantitative estimate of drug-likeness (QED) is 0.690. The molecule has 9 heteroatoms. The number of para-hydroxylation sites is 2. The Hall–Kier alpha value is -3.49. The third-order valence-corrected chi connectivity index (χ3v) is 4.74. The SMILES string of the molecule is O=C(N[C@@H]1CCN(c2ccccc2OC(F)F)C1)c1cccc(-n2ccnn2)c1. The summed E-state index contributed by atoms with van der Waals surface area (Å²) in [6.07, 6.45) is 3.97. The van der Waals surface area contributed by atoms with Gasteiger partial charge < -0.3 is 15.0 Å². The Balaban J connectivity index is 1.42. The molecule has 1 aliphatic heterocycles. The summed E-state index contributed by atoms with van der Waals surface area (Å²) in [4.78, 5) is 14.6. The lowest BCUT2D eigenvalue weighted by Gasteiger charge is -2.22. The number of carbonyl (C=O) groups is 1. The summed E-state index contributed by atoms with van der Waals surface area (Å²) >= 11 is 0. The number of alkyl halides is 2. The molecule has 7 nitrogen and oxygen atoms in total. The van der Waals surface area contributed by atoms with Gasteiger partial charge in [0.15, 0.2) is 0 Å². The van der Waals surface area contributed by atoms with Crippen molar-refractivity contribution in [1.82, 2.24) is 20.3 Å². The van der Waals surface area contributed by atoms with Gasteiger partial charge in [-0.1, -0.05) is 23.4 Å². The number of carbonyl (C=O) groups excluding carboxylic acids is 1. The number of benzene rings is 2. The van der Waals surface area contributed by atoms with Crippen molar-refractivity contribution >= 4 is 11.6 Å². The second-order valence-electron chi connectivity index (χ2n) is 6.65. The number of anilines is 1. The molecule has 2 aromatic carbocycles. The molecule has 150 valence electrons. The minimum absolute atomic E-state index is 0.0999. The van der Waals surface area contributed by atoms with Gasteiger partial charge in [-0.25, -0.2) is 4.68 Å². The first-order valence-electron chi connectivity index (χ1n) is 9.16. The van der Waals surface area contributed by atoms with Crippen molar-refractivity contribution in [2.24, 2.45) is 0 Å². The number of amides is 1. The minimum Gasteiger partial charge on any atom is -0.433 e. The summed E-state index contributed by atoms with van der Waals surface area (Å²) in [5.41, 5.74) is 1.84. The van der Waals surface area contributed by atoms with Gasteiger partial charge in [0.1, 0.15) is 5.75 Å². The summed E-state index contributed by atoms with van der Waals surface area (Å²) in [5, 5.41) is 10.7. The number of nitrogens with zero attached hydrogens (tertiary/aromatic N) is 4. The van der Waals surface area contributed by atoms with Crippen molar-refractivity contribution < 1.29 is 18.3 Å². The normalized spacial score (nSPS) is 16.2. The first-order valence-corrected chi connectivity index (χ1v) is 9.16. The maximum absolute atomic E-state index is 12.7. The lowest BCUT2D eigenvalue weighted by Crippen LogP contribution is -2.37. The van der Waals surface area contributed by atoms with Gasteiger partial charge in [-0.2, -0.15) is 8.78 Å². The molecule has 1 saturated heterocycles. The monoisotopic (exact) mass is 399 g/mol. The Labute approximate surface area is 165 Å². The summed E-state index contributed by atoms with van der Waals surface area (Å²) < 4.78 is 31.5. The van der Waals surface area contributed by atoms with Gasteiger partial charge in [0.25, 0.3) is 5.91 Å². The molecule has 0 unspecified atom stereocenters. The van der Waals surface area contributed by atoms with Crippen molar-refractivity contribution in [2.75, 3.05) is 18.0 Å². The van der Waals surface area contributed by atoms with Crippen LogP contribution in [0.25, 0.3) is 5.69 Å². The Bertz CT molecular complexity index is 981. The second kappa shape index (κ2) is 8.26. The van der Waals surface area contributed by atoms with Crippen LogP contribution in [-0.2, 0) is 0 Å². The van der Waals surface area contributed by atoms with E-state index in [2.05, 4.69) is 20.4 Å². The molecule has 1 atom stereocenters. The van der Waals surface area contributed by atoms with Gasteiger partial charge in [-0.05, 0) is 36.8 Å². The molecule has 29 heavy (non-hydrogen) atoms. The topological polar surface area (TPSA) is 72.3 Å². The number of ether oxygens (including phenoxy) is 1. The molecule has 3 aromatic rings. The van der Waals surface area contributed by atoms with Crippen LogP contribution in [0.1, 0.15) is 16.8 Å². The molecule has 1 aromatic heterocycles. The highest BCUT2D eigenvalue weighted by Gasteiger charge is 2.26. The zero-order valence-electron chi connectivity index (χ0n) is 15.4. The fraction of sp³-hybridized carbons (Fsp3) is 0.250. The van der Waals surface area contributed by atoms with E-state index in [1.807, 2.05) is 11.0 Å². The van der Waals surface area contributed by atoms with Gasteiger partial charge >= 0.3 is 6.61 Å². The Kier molecular flexibility index (Phi) is 5.37. The standard InChI is InChI=1S/C20H19F2N5O2/c21-20(22)29-18-7-2-1-6-17(18)26-10-8-15(13-26)24-19(28)14-4-3-5-16(12-14)27-11-9-23-25-27/h1-7,9,11-12,15,20H,8,10,13H2,(H,24,28)/t15-/m1/s1. The molecule has 0 saturated carbocycles. The smallest absolute Gasteiger partial charge is 0.387 e. The largest absolute Gasteiger partial charge is 0.433 e. The maximum atomic E-state index is 12.7. The van der Waals surface area contributed by atoms with E-state index in [1.54, 1.807) is 53.5 Å².